The third kappa shape index (κ3) is 23.2. The van der Waals surface area contributed by atoms with Crippen molar-refractivity contribution in [1.29, 1.82) is 0 Å². The molecule has 0 aromatic carbocycles. The molecule has 81 heavy (non-hydrogen) atoms. The van der Waals surface area contributed by atoms with Gasteiger partial charge in [-0.2, -0.15) is 0 Å². The van der Waals surface area contributed by atoms with Gasteiger partial charge in [-0.3, -0.25) is 0 Å². The fourth-order valence-corrected chi connectivity index (χ4v) is 132. The van der Waals surface area contributed by atoms with Crippen LogP contribution < -0.4 is 0 Å². The summed E-state index contributed by atoms with van der Waals surface area (Å²) in [5, 5.41) is 0. The van der Waals surface area contributed by atoms with E-state index in [0.29, 0.717) is 0 Å². The van der Waals surface area contributed by atoms with Crippen molar-refractivity contribution in [1.82, 2.24) is 0 Å². The van der Waals surface area contributed by atoms with Crippen molar-refractivity contribution < 1.29 is 44.6 Å². The quantitative estimate of drug-likeness (QED) is 0.0533. The average molecular weight is 1370 g/mol. The molecule has 0 aliphatic rings. The molecular weight excluding hydrogens is 1210 g/mol. The first-order valence-corrected chi connectivity index (χ1v) is 57.1. The molecule has 0 aliphatic heterocycles. The van der Waals surface area contributed by atoms with E-state index in [1.165, 1.54) is 116 Å². The molecule has 0 heterocycles. The predicted molar refractivity (Wildman–Crippen MR) is 395 cm³/mol. The molecule has 0 atom stereocenters. The van der Waals surface area contributed by atoms with Crippen LogP contribution in [0.4, 0.5) is 0 Å². The van der Waals surface area contributed by atoms with Gasteiger partial charge >= 0.3 is 555 Å². The summed E-state index contributed by atoms with van der Waals surface area (Å²) in [6.45, 7) is 48.8. The first kappa shape index (κ1) is 83.9. The Morgan fingerprint density at radius 3 is 0.284 bits per heavy atom. The summed E-state index contributed by atoms with van der Waals surface area (Å²) >= 11 is -1.00. The van der Waals surface area contributed by atoms with Crippen molar-refractivity contribution in [2.24, 2.45) is 0 Å². The van der Waals surface area contributed by atoms with Gasteiger partial charge in [0.05, 0.1) is 0 Å². The Hall–Kier alpha value is 2.89. The van der Waals surface area contributed by atoms with E-state index in [-0.39, 0.29) is 0 Å². The third-order valence-corrected chi connectivity index (χ3v) is 103. The fourth-order valence-electron chi connectivity index (χ4n) is 18.8. The maximum absolute atomic E-state index is 2.71. The van der Waals surface area contributed by atoms with Crippen LogP contribution in [0.3, 0.4) is 0 Å². The van der Waals surface area contributed by atoms with Crippen LogP contribution in [0.2, 0.25) is 106 Å². The fraction of sp³-hybridized carbons (Fsp3) is 1.00. The molecule has 0 unspecified atom stereocenters. The van der Waals surface area contributed by atoms with Crippen LogP contribution >= 0.6 is 0 Å². The number of hydrogen-bond donors (Lipinski definition) is 0. The van der Waals surface area contributed by atoms with Crippen LogP contribution in [-0.4, -0.2) is 48.4 Å². The van der Waals surface area contributed by atoms with Crippen molar-refractivity contribution in [2.45, 2.75) is 462 Å². The molecule has 0 aromatic heterocycles. The van der Waals surface area contributed by atoms with Crippen LogP contribution in [0.1, 0.15) is 356 Å². The minimum absolute atomic E-state index is 0.889. The maximum atomic E-state index is 2.71. The molecule has 7 heteroatoms. The molecule has 0 rings (SSSR count). The molecule has 0 amide bonds. The summed E-state index contributed by atoms with van der Waals surface area (Å²) in [7, 11) is -12.5. The van der Waals surface area contributed by atoms with Gasteiger partial charge in [-0.05, 0) is 0 Å². The normalized spacial score (nSPS) is 13.6. The molecule has 0 spiro atoms. The predicted octanol–water partition coefficient (Wildman–Crippen LogP) is 29.7. The summed E-state index contributed by atoms with van der Waals surface area (Å²) in [5.41, 5.74) is 0. The summed E-state index contributed by atoms with van der Waals surface area (Å²) in [4.78, 5) is 0. The van der Waals surface area contributed by atoms with E-state index in [1.54, 1.807) is 224 Å². The molecule has 0 N–H and O–H groups in total. The van der Waals surface area contributed by atoms with E-state index in [2.05, 4.69) is 125 Å². The zero-order chi connectivity index (χ0) is 60.9. The molecule has 0 aliphatic carbocycles. The van der Waals surface area contributed by atoms with E-state index >= 15 is 0 Å². The third-order valence-electron chi connectivity index (χ3n) is 22.8. The molecular formula is C74H162EuSi6. The van der Waals surface area contributed by atoms with Gasteiger partial charge in [-0.25, -0.2) is 0 Å². The molecule has 0 radical (unpaired) electrons. The molecule has 0 nitrogen and oxygen atoms in total. The van der Waals surface area contributed by atoms with Gasteiger partial charge in [0.2, 0.25) is 0 Å². The van der Waals surface area contributed by atoms with Gasteiger partial charge in [0.15, 0.2) is 0 Å². The molecule has 0 saturated carbocycles. The molecule has 489 valence electrons. The zero-order valence-corrected chi connectivity index (χ0v) is 69.0. The van der Waals surface area contributed by atoms with Crippen molar-refractivity contribution in [2.75, 3.05) is 0 Å². The van der Waals surface area contributed by atoms with Gasteiger partial charge in [-0.1, -0.05) is 0 Å². The van der Waals surface area contributed by atoms with Crippen LogP contribution in [-0.2, 0) is 0 Å². The van der Waals surface area contributed by atoms with Gasteiger partial charge in [0.25, 0.3) is 0 Å². The molecule has 0 bridgehead atoms. The van der Waals surface area contributed by atoms with E-state index in [1.807, 2.05) is 0 Å². The Kier molecular flexibility index (Phi) is 51.3. The average Bonchev–Trinajstić information content (AvgIpc) is 3.50. The summed E-state index contributed by atoms with van der Waals surface area (Å²) in [6, 6.07) is 32.3. The first-order chi connectivity index (χ1) is 39.3. The second-order valence-electron chi connectivity index (χ2n) is 29.0. The Labute approximate surface area is 549 Å². The van der Waals surface area contributed by atoms with Crippen molar-refractivity contribution in [3.05, 3.63) is 0 Å². The summed E-state index contributed by atoms with van der Waals surface area (Å²) in [6.07, 6.45) is 55.1. The Morgan fingerprint density at radius 1 is 0.148 bits per heavy atom. The topological polar surface area (TPSA) is 0 Å². The zero-order valence-electron chi connectivity index (χ0n) is 60.6. The van der Waals surface area contributed by atoms with Crippen molar-refractivity contribution in [3.8, 4) is 0 Å². The van der Waals surface area contributed by atoms with Gasteiger partial charge in [0.1, 0.15) is 0 Å². The Bertz CT molecular complexity index is 1010. The number of rotatable bonds is 62. The van der Waals surface area contributed by atoms with Crippen LogP contribution in [0.5, 0.6) is 0 Å². The van der Waals surface area contributed by atoms with Crippen LogP contribution in [0, 0.1) is 44.6 Å². The summed E-state index contributed by atoms with van der Waals surface area (Å²) < 4.78 is 1.78. The Morgan fingerprint density at radius 2 is 0.222 bits per heavy atom. The monoisotopic (exact) mass is 1370 g/mol. The van der Waals surface area contributed by atoms with E-state index in [4.69, 9.17) is 0 Å². The van der Waals surface area contributed by atoms with E-state index in [9.17, 15) is 0 Å². The molecule has 0 fully saturated rings. The Balaban J connectivity index is 12.7. The van der Waals surface area contributed by atoms with Gasteiger partial charge in [0, 0.05) is 0 Å². The first-order valence-electron chi connectivity index (χ1n) is 39.0. The second kappa shape index (κ2) is 49.6. The minimum atomic E-state index is -2.08. The second-order valence-corrected chi connectivity index (χ2v) is 72.0. The number of unbranched alkanes of at least 4 members (excludes halogenated alkanes) is 18. The number of hydrogen-bond acceptors (Lipinski definition) is 0. The van der Waals surface area contributed by atoms with Crippen molar-refractivity contribution in [3.63, 3.8) is 0 Å². The van der Waals surface area contributed by atoms with E-state index in [0.717, 1.165) is -2.64 Å². The molecule has 0 aromatic rings. The van der Waals surface area contributed by atoms with Crippen LogP contribution in [0.25, 0.3) is 0 Å². The summed E-state index contributed by atoms with van der Waals surface area (Å²) in [5.74, 6) is 0. The standard InChI is InChI=1S/2C37H81Si3.Eu/c2*1-10-19-28-38(29-20-11-2,30-21-12-3)37(39(31-22-13-4,32-23-14-5)33-24-15-6)40(34-25-16-7,35-26-17-8)36-27-18-9;/h2*10-36H2,1-9H3;. The van der Waals surface area contributed by atoms with Crippen molar-refractivity contribution >= 4 is 48.4 Å². The van der Waals surface area contributed by atoms with Gasteiger partial charge in [-0.15, -0.1) is 0 Å². The SMILES string of the molecule is CCCC[Si](CCCC)(CCCC)[C]([Eu][C]([Si](CCCC)(CCCC)CCCC)([Si](CCCC)(CCCC)CCCC)[Si](CCCC)(CCCC)CCCC)([Si](CCCC)(CCCC)CCCC)[Si](CCCC)(CCCC)CCCC. The van der Waals surface area contributed by atoms with Crippen LogP contribution in [0.15, 0.2) is 0 Å². The van der Waals surface area contributed by atoms with Gasteiger partial charge < -0.3 is 0 Å². The molecule has 0 saturated heterocycles. The van der Waals surface area contributed by atoms with E-state index < -0.39 is 93.1 Å².